The Hall–Kier alpha value is -1.94. The zero-order chi connectivity index (χ0) is 17.3. The Morgan fingerprint density at radius 2 is 2.04 bits per heavy atom. The molecule has 7 nitrogen and oxygen atoms in total. The molecule has 2 aromatic rings. The summed E-state index contributed by atoms with van der Waals surface area (Å²) >= 11 is 1.47. The van der Waals surface area contributed by atoms with E-state index in [2.05, 4.69) is 0 Å². The van der Waals surface area contributed by atoms with E-state index in [1.165, 1.54) is 30.6 Å². The molecule has 0 aliphatic carbocycles. The first-order valence-electron chi connectivity index (χ1n) is 7.12. The molecule has 1 atom stereocenters. The lowest BCUT2D eigenvalue weighted by Gasteiger charge is -2.33. The zero-order valence-corrected chi connectivity index (χ0v) is 14.4. The molecule has 0 unspecified atom stereocenters. The van der Waals surface area contributed by atoms with Crippen LogP contribution in [0.5, 0.6) is 5.75 Å². The van der Waals surface area contributed by atoms with E-state index in [4.69, 9.17) is 9.94 Å². The maximum atomic E-state index is 13.0. The van der Waals surface area contributed by atoms with Crippen molar-refractivity contribution in [2.75, 3.05) is 7.11 Å². The largest absolute Gasteiger partial charge is 0.497 e. The number of thiophene rings is 1. The van der Waals surface area contributed by atoms with Gasteiger partial charge in [-0.15, -0.1) is 11.3 Å². The summed E-state index contributed by atoms with van der Waals surface area (Å²) in [5, 5.41) is 10.8. The van der Waals surface area contributed by atoms with Gasteiger partial charge in [0.2, 0.25) is 10.0 Å². The number of benzene rings is 1. The van der Waals surface area contributed by atoms with Gasteiger partial charge in [-0.2, -0.15) is 4.31 Å². The Balaban J connectivity index is 2.01. The van der Waals surface area contributed by atoms with Crippen LogP contribution in [-0.4, -0.2) is 37.0 Å². The van der Waals surface area contributed by atoms with E-state index in [-0.39, 0.29) is 17.9 Å². The molecule has 9 heteroatoms. The molecule has 0 saturated heterocycles. The van der Waals surface area contributed by atoms with Crippen LogP contribution in [0.2, 0.25) is 0 Å². The second kappa shape index (κ2) is 6.52. The van der Waals surface area contributed by atoms with Gasteiger partial charge >= 0.3 is 0 Å². The van der Waals surface area contributed by atoms with Crippen LogP contribution in [0.15, 0.2) is 40.6 Å². The minimum atomic E-state index is -3.90. The first kappa shape index (κ1) is 16.9. The second-order valence-electron chi connectivity index (χ2n) is 5.29. The van der Waals surface area contributed by atoms with Crippen molar-refractivity contribution in [3.8, 4) is 5.75 Å². The Bertz CT molecular complexity index is 845. The Morgan fingerprint density at radius 1 is 1.33 bits per heavy atom. The van der Waals surface area contributed by atoms with Crippen molar-refractivity contribution in [1.29, 1.82) is 0 Å². The molecular formula is C15H16N2O5S2. The van der Waals surface area contributed by atoms with Crippen molar-refractivity contribution in [2.24, 2.45) is 0 Å². The first-order valence-corrected chi connectivity index (χ1v) is 9.44. The summed E-state index contributed by atoms with van der Waals surface area (Å²) in [4.78, 5) is 13.0. The van der Waals surface area contributed by atoms with Gasteiger partial charge in [-0.25, -0.2) is 13.9 Å². The monoisotopic (exact) mass is 368 g/mol. The van der Waals surface area contributed by atoms with Crippen LogP contribution in [0.1, 0.15) is 10.4 Å². The summed E-state index contributed by atoms with van der Waals surface area (Å²) in [6.07, 6.45) is 0.231. The van der Waals surface area contributed by atoms with E-state index in [1.54, 1.807) is 17.6 Å². The number of sulfonamides is 1. The third-order valence-corrected chi connectivity index (χ3v) is 6.82. The number of nitrogens with zero attached hydrogens (tertiary/aromatic N) is 1. The van der Waals surface area contributed by atoms with Crippen LogP contribution >= 0.6 is 11.3 Å². The van der Waals surface area contributed by atoms with Gasteiger partial charge in [-0.3, -0.25) is 10.0 Å². The smallest absolute Gasteiger partial charge is 0.262 e. The van der Waals surface area contributed by atoms with Crippen LogP contribution in [-0.2, 0) is 27.8 Å². The number of nitrogens with one attached hydrogen (secondary N) is 1. The minimum Gasteiger partial charge on any atom is -0.497 e. The summed E-state index contributed by atoms with van der Waals surface area (Å²) in [5.74, 6) is -0.205. The molecule has 1 aliphatic heterocycles. The number of hydroxylamine groups is 1. The van der Waals surface area contributed by atoms with E-state index >= 15 is 0 Å². The van der Waals surface area contributed by atoms with Crippen LogP contribution in [0.4, 0.5) is 0 Å². The maximum Gasteiger partial charge on any atom is 0.262 e. The van der Waals surface area contributed by atoms with E-state index < -0.39 is 22.0 Å². The molecule has 0 fully saturated rings. The molecule has 3 rings (SSSR count). The molecule has 0 radical (unpaired) electrons. The highest BCUT2D eigenvalue weighted by atomic mass is 32.2. The van der Waals surface area contributed by atoms with Gasteiger partial charge in [0.05, 0.1) is 12.0 Å². The third-order valence-electron chi connectivity index (χ3n) is 3.97. The number of carbonyl (C=O) groups is 1. The lowest BCUT2D eigenvalue weighted by Crippen LogP contribution is -2.51. The standard InChI is InChI=1S/C15H16N2O5S2/c1-22-11-2-4-12(5-3-11)24(20,21)17-9-10-6-7-23-14(10)8-13(17)15(18)16-19/h2-7,13,19H,8-9H2,1H3,(H,16,18)/t13-/m1/s1. The van der Waals surface area contributed by atoms with E-state index in [1.807, 2.05) is 11.4 Å². The average molecular weight is 368 g/mol. The molecule has 2 N–H and O–H groups in total. The van der Waals surface area contributed by atoms with E-state index in [0.29, 0.717) is 5.75 Å². The lowest BCUT2D eigenvalue weighted by molar-refractivity contribution is -0.133. The normalized spacial score (nSPS) is 18.0. The molecule has 0 saturated carbocycles. The summed E-state index contributed by atoms with van der Waals surface area (Å²) in [6.45, 7) is 0.0886. The van der Waals surface area contributed by atoms with Gasteiger partial charge in [0.15, 0.2) is 0 Å². The molecule has 2 heterocycles. The lowest BCUT2D eigenvalue weighted by atomic mass is 10.0. The van der Waals surface area contributed by atoms with Crippen LogP contribution < -0.4 is 10.2 Å². The number of fused-ring (bicyclic) bond motifs is 1. The minimum absolute atomic E-state index is 0.0673. The number of amides is 1. The summed E-state index contributed by atoms with van der Waals surface area (Å²) < 4.78 is 32.1. The van der Waals surface area contributed by atoms with Crippen molar-refractivity contribution in [3.05, 3.63) is 46.2 Å². The quantitative estimate of drug-likeness (QED) is 0.628. The van der Waals surface area contributed by atoms with Gasteiger partial charge < -0.3 is 4.74 Å². The van der Waals surface area contributed by atoms with E-state index in [9.17, 15) is 13.2 Å². The summed E-state index contributed by atoms with van der Waals surface area (Å²) in [7, 11) is -2.41. The number of methoxy groups -OCH3 is 1. The molecule has 1 aromatic heterocycles. The highest BCUT2D eigenvalue weighted by molar-refractivity contribution is 7.89. The Labute approximate surface area is 143 Å². The topological polar surface area (TPSA) is 95.9 Å². The third kappa shape index (κ3) is 2.91. The number of hydrogen-bond donors (Lipinski definition) is 2. The fraction of sp³-hybridized carbons (Fsp3) is 0.267. The van der Waals surface area contributed by atoms with Crippen molar-refractivity contribution >= 4 is 27.3 Å². The second-order valence-corrected chi connectivity index (χ2v) is 8.18. The summed E-state index contributed by atoms with van der Waals surface area (Å²) in [6, 6.07) is 6.83. The van der Waals surface area contributed by atoms with Gasteiger partial charge in [-0.1, -0.05) is 0 Å². The number of ether oxygens (including phenoxy) is 1. The number of rotatable bonds is 4. The van der Waals surface area contributed by atoms with Crippen LogP contribution in [0, 0.1) is 0 Å². The predicted octanol–water partition coefficient (Wildman–Crippen LogP) is 1.38. The van der Waals surface area contributed by atoms with Gasteiger partial charge in [0.25, 0.3) is 5.91 Å². The van der Waals surface area contributed by atoms with Gasteiger partial charge in [0.1, 0.15) is 11.8 Å². The fourth-order valence-electron chi connectivity index (χ4n) is 2.68. The molecule has 1 amide bonds. The molecule has 128 valence electrons. The van der Waals surface area contributed by atoms with Crippen LogP contribution in [0.25, 0.3) is 0 Å². The number of hydrogen-bond acceptors (Lipinski definition) is 6. The number of carbonyl (C=O) groups excluding carboxylic acids is 1. The highest BCUT2D eigenvalue weighted by Crippen LogP contribution is 2.32. The van der Waals surface area contributed by atoms with Crippen LogP contribution in [0.3, 0.4) is 0 Å². The molecule has 0 bridgehead atoms. The average Bonchev–Trinajstić information content (AvgIpc) is 3.07. The Kier molecular flexibility index (Phi) is 4.59. The molecule has 1 aliphatic rings. The van der Waals surface area contributed by atoms with E-state index in [0.717, 1.165) is 14.7 Å². The highest BCUT2D eigenvalue weighted by Gasteiger charge is 2.40. The van der Waals surface area contributed by atoms with Gasteiger partial charge in [0, 0.05) is 17.8 Å². The van der Waals surface area contributed by atoms with Crippen molar-refractivity contribution < 1.29 is 23.2 Å². The van der Waals surface area contributed by atoms with Crippen molar-refractivity contribution in [3.63, 3.8) is 0 Å². The van der Waals surface area contributed by atoms with Crippen molar-refractivity contribution in [1.82, 2.24) is 9.79 Å². The summed E-state index contributed by atoms with van der Waals surface area (Å²) in [5.41, 5.74) is 2.44. The predicted molar refractivity (Wildman–Crippen MR) is 87.5 cm³/mol. The molecule has 0 spiro atoms. The Morgan fingerprint density at radius 3 is 2.67 bits per heavy atom. The van der Waals surface area contributed by atoms with Gasteiger partial charge in [-0.05, 0) is 41.3 Å². The van der Waals surface area contributed by atoms with Crippen molar-refractivity contribution in [2.45, 2.75) is 23.9 Å². The first-order chi connectivity index (χ1) is 11.5. The SMILES string of the molecule is COc1ccc(S(=O)(=O)N2Cc3ccsc3C[C@@H]2C(=O)NO)cc1. The zero-order valence-electron chi connectivity index (χ0n) is 12.8. The maximum absolute atomic E-state index is 13.0. The molecular weight excluding hydrogens is 352 g/mol. The molecule has 1 aromatic carbocycles. The fourth-order valence-corrected chi connectivity index (χ4v) is 5.18. The molecule has 24 heavy (non-hydrogen) atoms.